The maximum atomic E-state index is 2.99. The third-order valence-corrected chi connectivity index (χ3v) is 27.9. The minimum Gasteiger partial charge on any atom is -0.365 e. The van der Waals surface area contributed by atoms with Gasteiger partial charge in [0, 0.05) is 91.1 Å². The van der Waals surface area contributed by atoms with E-state index in [-0.39, 0.29) is 23.5 Å². The average molecular weight is 1490 g/mol. The smallest absolute Gasteiger partial charge is 0.252 e. The van der Waals surface area contributed by atoms with Crippen molar-refractivity contribution in [3.8, 4) is 72.4 Å². The van der Waals surface area contributed by atoms with E-state index in [4.69, 9.17) is 0 Å². The second kappa shape index (κ2) is 26.6. The average Bonchev–Trinajstić information content (AvgIpc) is 0.736. The standard InChI is InChI=1S/C111H93BN4/c1-110(2,3)83-56-78-45-46-79-57-84(111(4,5)6)65-96-91(63-82(58-83)105(78)106(79)96)77-47-49-97-101(64-77)115(108-92(73-33-17-9-18-34-73)59-80(71-29-13-7-14-30-71)60-93(108)74-35-19-10-20-36-74)103-67-88(113-86-52-69-51-70(54-86)55-87(113)53-69)68-104-107(103)112(97)98-50-48-85(114-99-43-27-25-41-89(99)90-42-26-28-44-100(90)114)66-102(98)116(104)109-94(75-37-21-11-22-38-75)61-81(72-31-15-8-16-32-72)62-95(109)76-39-23-12-24-40-76/h7-50,56,58-70,79,86-87,105-106H,51-55,57H2,1-6H3. The zero-order chi connectivity index (χ0) is 77.4. The van der Waals surface area contributed by atoms with Gasteiger partial charge in [0.2, 0.25) is 0 Å². The van der Waals surface area contributed by atoms with Crippen LogP contribution in [0.5, 0.6) is 0 Å². The van der Waals surface area contributed by atoms with Gasteiger partial charge >= 0.3 is 0 Å². The summed E-state index contributed by atoms with van der Waals surface area (Å²) < 4.78 is 2.55. The lowest BCUT2D eigenvalue weighted by molar-refractivity contribution is 0.0900. The number of hydrogen-bond donors (Lipinski definition) is 0. The van der Waals surface area contributed by atoms with E-state index in [1.165, 1.54) is 199 Å². The predicted molar refractivity (Wildman–Crippen MR) is 490 cm³/mol. The van der Waals surface area contributed by atoms with Crippen molar-refractivity contribution in [1.29, 1.82) is 0 Å². The van der Waals surface area contributed by atoms with E-state index in [2.05, 4.69) is 401 Å². The molecule has 116 heavy (non-hydrogen) atoms. The Hall–Kier alpha value is -12.4. The monoisotopic (exact) mass is 1490 g/mol. The van der Waals surface area contributed by atoms with Crippen LogP contribution in [0.4, 0.5) is 39.8 Å². The number of aromatic nitrogens is 1. The van der Waals surface area contributed by atoms with E-state index in [9.17, 15) is 0 Å². The van der Waals surface area contributed by atoms with Crippen molar-refractivity contribution in [2.45, 2.75) is 92.2 Å². The van der Waals surface area contributed by atoms with Gasteiger partial charge in [0.15, 0.2) is 0 Å². The summed E-state index contributed by atoms with van der Waals surface area (Å²) in [7, 11) is 0. The molecular weight excluding hydrogens is 1400 g/mol. The highest BCUT2D eigenvalue weighted by molar-refractivity contribution is 7.00. The third kappa shape index (κ3) is 11.1. The van der Waals surface area contributed by atoms with Gasteiger partial charge in [-0.2, -0.15) is 0 Å². The first-order valence-electron chi connectivity index (χ1n) is 42.6. The van der Waals surface area contributed by atoms with Crippen LogP contribution in [-0.4, -0.2) is 23.4 Å². The Morgan fingerprint density at radius 2 is 0.793 bits per heavy atom. The SMILES string of the molecule is CC(C)(C)C1=CC2=CC(c3ccc4c(c3)N(c3c(-c5ccccc5)cc(-c5ccccc5)cc3-c3ccccc3)c3cc(N5C6CC7CC(C6)CC5C7)cc5c3B4c3ccc(-n4c6ccccc6c6ccccc64)cc3N5c3c(-c4ccccc4)cc(-c4ccccc4)cc3-c3ccccc3)=C3C=C(C(C)(C)C)CC4C=CC(=C1)C2C34. The molecule has 4 aliphatic heterocycles. The molecule has 4 fully saturated rings. The van der Waals surface area contributed by atoms with Crippen LogP contribution in [0.25, 0.3) is 99.8 Å². The van der Waals surface area contributed by atoms with E-state index in [1.54, 1.807) is 0 Å². The van der Waals surface area contributed by atoms with Crippen LogP contribution in [0.15, 0.2) is 368 Å². The number of fused-ring (bicyclic) bond motifs is 7. The summed E-state index contributed by atoms with van der Waals surface area (Å²) in [6.07, 6.45) is 22.9. The minimum absolute atomic E-state index is 0.0210. The van der Waals surface area contributed by atoms with Gasteiger partial charge in [-0.15, -0.1) is 0 Å². The zero-order valence-electron chi connectivity index (χ0n) is 67.0. The van der Waals surface area contributed by atoms with E-state index in [0.717, 1.165) is 40.8 Å². The van der Waals surface area contributed by atoms with E-state index < -0.39 is 0 Å². The van der Waals surface area contributed by atoms with E-state index in [1.807, 2.05) is 0 Å². The summed E-state index contributed by atoms with van der Waals surface area (Å²) in [5, 5.41) is 2.49. The van der Waals surface area contributed by atoms with Crippen LogP contribution in [-0.2, 0) is 0 Å². The lowest BCUT2D eigenvalue weighted by Gasteiger charge is -2.58. The molecule has 3 atom stereocenters. The molecule has 1 aromatic heterocycles. The molecule has 2 saturated heterocycles. The van der Waals surface area contributed by atoms with Crippen molar-refractivity contribution >= 4 is 90.3 Å². The molecule has 0 amide bonds. The summed E-state index contributed by atoms with van der Waals surface area (Å²) in [6.45, 7) is 14.3. The van der Waals surface area contributed by atoms with Crippen LogP contribution in [0.1, 0.15) is 85.6 Å². The molecule has 13 aromatic carbocycles. The van der Waals surface area contributed by atoms with E-state index >= 15 is 0 Å². The molecule has 4 nitrogen and oxygen atoms in total. The fraction of sp³-hybridized carbons (Fsp3) is 0.189. The van der Waals surface area contributed by atoms with Crippen LogP contribution in [0.3, 0.4) is 0 Å². The Balaban J connectivity index is 0.892. The molecule has 24 rings (SSSR count). The lowest BCUT2D eigenvalue weighted by atomic mass is 9.33. The molecule has 4 bridgehead atoms. The number of anilines is 7. The summed E-state index contributed by atoms with van der Waals surface area (Å²) in [6, 6.07) is 118. The van der Waals surface area contributed by atoms with Crippen LogP contribution >= 0.6 is 0 Å². The molecular formula is C111H93BN4. The quantitative estimate of drug-likeness (QED) is 0.120. The highest BCUT2D eigenvalue weighted by Gasteiger charge is 2.52. The number of benzene rings is 13. The third-order valence-electron chi connectivity index (χ3n) is 27.9. The second-order valence-corrected chi connectivity index (χ2v) is 36.7. The molecule has 560 valence electrons. The fourth-order valence-corrected chi connectivity index (χ4v) is 22.7. The molecule has 10 aliphatic rings. The van der Waals surface area contributed by atoms with Crippen molar-refractivity contribution in [2.24, 2.45) is 40.4 Å². The highest BCUT2D eigenvalue weighted by atomic mass is 15.2. The first-order valence-corrected chi connectivity index (χ1v) is 42.6. The maximum Gasteiger partial charge on any atom is 0.252 e. The molecule has 5 heteroatoms. The Labute approximate surface area is 683 Å². The van der Waals surface area contributed by atoms with Crippen molar-refractivity contribution in [2.75, 3.05) is 14.7 Å². The molecule has 14 aromatic rings. The van der Waals surface area contributed by atoms with Crippen molar-refractivity contribution in [3.63, 3.8) is 0 Å². The summed E-state index contributed by atoms with van der Waals surface area (Å²) in [5.74, 6) is 2.44. The molecule has 0 radical (unpaired) electrons. The van der Waals surface area contributed by atoms with Crippen LogP contribution < -0.4 is 31.1 Å². The minimum atomic E-state index is -0.237. The summed E-state index contributed by atoms with van der Waals surface area (Å²) in [5.41, 5.74) is 39.7. The highest BCUT2D eigenvalue weighted by Crippen LogP contribution is 2.61. The number of piperidine rings is 2. The summed E-state index contributed by atoms with van der Waals surface area (Å²) >= 11 is 0. The van der Waals surface area contributed by atoms with Crippen LogP contribution in [0, 0.1) is 40.4 Å². The number of nitrogens with zero attached hydrogens (tertiary/aromatic N) is 4. The molecule has 2 saturated carbocycles. The van der Waals surface area contributed by atoms with Crippen molar-refractivity contribution in [1.82, 2.24) is 4.57 Å². The Morgan fingerprint density at radius 1 is 0.353 bits per heavy atom. The number of hydrogen-bond acceptors (Lipinski definition) is 3. The number of allylic oxidation sites excluding steroid dienone is 12. The van der Waals surface area contributed by atoms with Gasteiger partial charge in [-0.05, 0) is 228 Å². The number of rotatable bonds is 11. The normalized spacial score (nSPS) is 20.6. The Kier molecular flexibility index (Phi) is 15.8. The molecule has 0 spiro atoms. The molecule has 3 unspecified atom stereocenters. The maximum absolute atomic E-state index is 2.99. The molecule has 0 N–H and O–H groups in total. The van der Waals surface area contributed by atoms with Crippen LogP contribution in [0.2, 0.25) is 0 Å². The number of para-hydroxylation sites is 2. The van der Waals surface area contributed by atoms with Gasteiger partial charge in [0.25, 0.3) is 6.71 Å². The lowest BCUT2D eigenvalue weighted by Crippen LogP contribution is -2.62. The second-order valence-electron chi connectivity index (χ2n) is 36.7. The first-order chi connectivity index (χ1) is 56.8. The summed E-state index contributed by atoms with van der Waals surface area (Å²) in [4.78, 5) is 8.66. The van der Waals surface area contributed by atoms with Gasteiger partial charge in [-0.3, -0.25) is 0 Å². The Morgan fingerprint density at radius 3 is 1.27 bits per heavy atom. The van der Waals surface area contributed by atoms with Gasteiger partial charge in [-0.25, -0.2) is 0 Å². The topological polar surface area (TPSA) is 14.7 Å². The zero-order valence-corrected chi connectivity index (χ0v) is 67.0. The van der Waals surface area contributed by atoms with E-state index in [0.29, 0.717) is 23.9 Å². The van der Waals surface area contributed by atoms with Crippen molar-refractivity contribution < 1.29 is 0 Å². The predicted octanol–water partition coefficient (Wildman–Crippen LogP) is 27.0. The van der Waals surface area contributed by atoms with Gasteiger partial charge < -0.3 is 19.3 Å². The molecule has 6 aliphatic carbocycles. The van der Waals surface area contributed by atoms with Gasteiger partial charge in [-0.1, -0.05) is 320 Å². The molecule has 5 heterocycles. The largest absolute Gasteiger partial charge is 0.365 e. The fourth-order valence-electron chi connectivity index (χ4n) is 22.7. The Bertz CT molecular complexity index is 6380. The van der Waals surface area contributed by atoms with Gasteiger partial charge in [0.05, 0.1) is 22.4 Å². The van der Waals surface area contributed by atoms with Gasteiger partial charge in [0.1, 0.15) is 0 Å². The first kappa shape index (κ1) is 69.1. The van der Waals surface area contributed by atoms with Crippen molar-refractivity contribution in [3.05, 3.63) is 373 Å².